The Labute approximate surface area is 116 Å². The average Bonchev–Trinajstić information content (AvgIpc) is 2.86. The van der Waals surface area contributed by atoms with Crippen LogP contribution in [0.2, 0.25) is 0 Å². The van der Waals surface area contributed by atoms with Crippen LogP contribution in [0.25, 0.3) is 0 Å². The number of rotatable bonds is 4. The summed E-state index contributed by atoms with van der Waals surface area (Å²) >= 11 is 0. The highest BCUT2D eigenvalue weighted by molar-refractivity contribution is 5.90. The van der Waals surface area contributed by atoms with Crippen molar-refractivity contribution >= 4 is 11.8 Å². The lowest BCUT2D eigenvalue weighted by molar-refractivity contribution is -0.125. The van der Waals surface area contributed by atoms with Crippen molar-refractivity contribution in [3.05, 3.63) is 11.6 Å². The van der Waals surface area contributed by atoms with Gasteiger partial charge >= 0.3 is 0 Å². The third kappa shape index (κ3) is 3.53. The second kappa shape index (κ2) is 6.47. The van der Waals surface area contributed by atoms with E-state index in [1.54, 1.807) is 11.8 Å². The number of nitrogens with zero attached hydrogens (tertiary/aromatic N) is 3. The summed E-state index contributed by atoms with van der Waals surface area (Å²) in [6.45, 7) is 2.99. The van der Waals surface area contributed by atoms with Gasteiger partial charge in [0.1, 0.15) is 12.4 Å². The Bertz CT molecular complexity index is 479. The number of ether oxygens (including phenoxy) is 1. The van der Waals surface area contributed by atoms with Crippen molar-refractivity contribution < 1.29 is 14.3 Å². The van der Waals surface area contributed by atoms with Gasteiger partial charge in [-0.1, -0.05) is 0 Å². The number of amides is 2. The first-order chi connectivity index (χ1) is 9.60. The summed E-state index contributed by atoms with van der Waals surface area (Å²) in [7, 11) is 1.49. The zero-order valence-corrected chi connectivity index (χ0v) is 11.7. The zero-order valence-electron chi connectivity index (χ0n) is 11.7. The Morgan fingerprint density at radius 1 is 1.45 bits per heavy atom. The number of aryl methyl sites for hydroxylation is 1. The molecule has 0 bridgehead atoms. The molecule has 8 heteroatoms. The van der Waals surface area contributed by atoms with E-state index < -0.39 is 0 Å². The van der Waals surface area contributed by atoms with E-state index in [1.165, 1.54) is 7.11 Å². The Balaban J connectivity index is 1.82. The highest BCUT2D eigenvalue weighted by Gasteiger charge is 2.26. The smallest absolute Gasteiger partial charge is 0.293 e. The van der Waals surface area contributed by atoms with Crippen LogP contribution < -0.4 is 5.32 Å². The van der Waals surface area contributed by atoms with Gasteiger partial charge < -0.3 is 15.0 Å². The SMILES string of the molecule is COCC(=O)NC1CCN(C(=O)c2n[nH]c(C)n2)CC1. The molecule has 2 heterocycles. The second-order valence-corrected chi connectivity index (χ2v) is 4.81. The molecule has 1 fully saturated rings. The van der Waals surface area contributed by atoms with Crippen molar-refractivity contribution in [2.24, 2.45) is 0 Å². The van der Waals surface area contributed by atoms with E-state index in [1.807, 2.05) is 0 Å². The summed E-state index contributed by atoms with van der Waals surface area (Å²) in [5.41, 5.74) is 0. The second-order valence-electron chi connectivity index (χ2n) is 4.81. The lowest BCUT2D eigenvalue weighted by Gasteiger charge is -2.31. The number of hydrogen-bond donors (Lipinski definition) is 2. The van der Waals surface area contributed by atoms with Crippen molar-refractivity contribution in [2.45, 2.75) is 25.8 Å². The molecule has 0 aliphatic carbocycles. The highest BCUT2D eigenvalue weighted by atomic mass is 16.5. The summed E-state index contributed by atoms with van der Waals surface area (Å²) < 4.78 is 4.77. The van der Waals surface area contributed by atoms with Gasteiger partial charge in [0.2, 0.25) is 11.7 Å². The number of carbonyl (C=O) groups excluding carboxylic acids is 2. The van der Waals surface area contributed by atoms with E-state index >= 15 is 0 Å². The lowest BCUT2D eigenvalue weighted by atomic mass is 10.0. The molecule has 1 saturated heterocycles. The minimum absolute atomic E-state index is 0.0651. The number of aromatic nitrogens is 3. The molecule has 2 amide bonds. The first-order valence-corrected chi connectivity index (χ1v) is 6.56. The summed E-state index contributed by atoms with van der Waals surface area (Å²) in [6.07, 6.45) is 1.45. The number of methoxy groups -OCH3 is 1. The van der Waals surface area contributed by atoms with E-state index in [0.29, 0.717) is 18.9 Å². The molecule has 20 heavy (non-hydrogen) atoms. The van der Waals surface area contributed by atoms with Gasteiger partial charge in [0, 0.05) is 26.2 Å². The molecule has 2 rings (SSSR count). The minimum Gasteiger partial charge on any atom is -0.375 e. The van der Waals surface area contributed by atoms with Crippen LogP contribution in [0.5, 0.6) is 0 Å². The molecule has 0 saturated carbocycles. The Morgan fingerprint density at radius 2 is 2.15 bits per heavy atom. The molecule has 0 atom stereocenters. The van der Waals surface area contributed by atoms with Crippen molar-refractivity contribution in [2.75, 3.05) is 26.8 Å². The fraction of sp³-hybridized carbons (Fsp3) is 0.667. The topological polar surface area (TPSA) is 100 Å². The zero-order chi connectivity index (χ0) is 14.5. The van der Waals surface area contributed by atoms with Gasteiger partial charge in [-0.2, -0.15) is 0 Å². The van der Waals surface area contributed by atoms with Crippen LogP contribution in [0.15, 0.2) is 0 Å². The number of hydrogen-bond acceptors (Lipinski definition) is 5. The summed E-state index contributed by atoms with van der Waals surface area (Å²) in [5.74, 6) is 0.525. The predicted molar refractivity (Wildman–Crippen MR) is 70.1 cm³/mol. The molecule has 110 valence electrons. The first kappa shape index (κ1) is 14.4. The van der Waals surface area contributed by atoms with Gasteiger partial charge in [-0.05, 0) is 19.8 Å². The molecule has 1 aliphatic heterocycles. The standard InChI is InChI=1S/C12H19N5O3/c1-8-13-11(16-15-8)12(19)17-5-3-9(4-6-17)14-10(18)7-20-2/h9H,3-7H2,1-2H3,(H,14,18)(H,13,15,16). The molecular weight excluding hydrogens is 262 g/mol. The maximum absolute atomic E-state index is 12.1. The molecule has 1 aromatic rings. The van der Waals surface area contributed by atoms with Crippen molar-refractivity contribution in [1.82, 2.24) is 25.4 Å². The van der Waals surface area contributed by atoms with Gasteiger partial charge in [-0.3, -0.25) is 14.7 Å². The molecule has 0 aromatic carbocycles. The molecule has 0 unspecified atom stereocenters. The first-order valence-electron chi connectivity index (χ1n) is 6.56. The molecule has 1 aromatic heterocycles. The number of piperidine rings is 1. The van der Waals surface area contributed by atoms with E-state index in [4.69, 9.17) is 4.74 Å². The predicted octanol–water partition coefficient (Wildman–Crippen LogP) is -0.520. The number of likely N-dealkylation sites (tertiary alicyclic amines) is 1. The fourth-order valence-corrected chi connectivity index (χ4v) is 2.21. The van der Waals surface area contributed by atoms with Gasteiger partial charge in [-0.15, -0.1) is 5.10 Å². The third-order valence-electron chi connectivity index (χ3n) is 3.21. The minimum atomic E-state index is -0.170. The quantitative estimate of drug-likeness (QED) is 0.773. The molecule has 1 aliphatic rings. The Hall–Kier alpha value is -1.96. The lowest BCUT2D eigenvalue weighted by Crippen LogP contribution is -2.47. The maximum atomic E-state index is 12.1. The van der Waals surface area contributed by atoms with Gasteiger partial charge in [-0.25, -0.2) is 4.98 Å². The van der Waals surface area contributed by atoms with Crippen LogP contribution in [0, 0.1) is 6.92 Å². The normalized spacial score (nSPS) is 16.2. The summed E-state index contributed by atoms with van der Waals surface area (Å²) in [4.78, 5) is 29.3. The monoisotopic (exact) mass is 281 g/mol. The maximum Gasteiger partial charge on any atom is 0.293 e. The molecular formula is C12H19N5O3. The van der Waals surface area contributed by atoms with Gasteiger partial charge in [0.15, 0.2) is 0 Å². The van der Waals surface area contributed by atoms with Gasteiger partial charge in [0.25, 0.3) is 5.91 Å². The van der Waals surface area contributed by atoms with Crippen LogP contribution in [0.3, 0.4) is 0 Å². The highest BCUT2D eigenvalue weighted by Crippen LogP contribution is 2.12. The Kier molecular flexibility index (Phi) is 4.67. The van der Waals surface area contributed by atoms with E-state index in [2.05, 4.69) is 20.5 Å². The molecule has 8 nitrogen and oxygen atoms in total. The molecule has 0 spiro atoms. The number of H-pyrrole nitrogens is 1. The largest absolute Gasteiger partial charge is 0.375 e. The van der Waals surface area contributed by atoms with Crippen LogP contribution in [0.1, 0.15) is 29.3 Å². The summed E-state index contributed by atoms with van der Waals surface area (Å²) in [5, 5.41) is 9.41. The summed E-state index contributed by atoms with van der Waals surface area (Å²) in [6, 6.07) is 0.0931. The van der Waals surface area contributed by atoms with E-state index in [0.717, 1.165) is 12.8 Å². The van der Waals surface area contributed by atoms with Crippen LogP contribution >= 0.6 is 0 Å². The average molecular weight is 281 g/mol. The number of aromatic amines is 1. The van der Waals surface area contributed by atoms with Crippen molar-refractivity contribution in [1.29, 1.82) is 0 Å². The third-order valence-corrected chi connectivity index (χ3v) is 3.21. The molecule has 2 N–H and O–H groups in total. The van der Waals surface area contributed by atoms with Crippen molar-refractivity contribution in [3.8, 4) is 0 Å². The van der Waals surface area contributed by atoms with Crippen LogP contribution in [-0.2, 0) is 9.53 Å². The molecule has 0 radical (unpaired) electrons. The van der Waals surface area contributed by atoms with Crippen molar-refractivity contribution in [3.63, 3.8) is 0 Å². The number of carbonyl (C=O) groups is 2. The van der Waals surface area contributed by atoms with E-state index in [-0.39, 0.29) is 30.3 Å². The Morgan fingerprint density at radius 3 is 2.70 bits per heavy atom. The van der Waals surface area contributed by atoms with Gasteiger partial charge in [0.05, 0.1) is 0 Å². The van der Waals surface area contributed by atoms with Crippen LogP contribution in [-0.4, -0.2) is 64.7 Å². The fourth-order valence-electron chi connectivity index (χ4n) is 2.21. The number of nitrogens with one attached hydrogen (secondary N) is 2. The van der Waals surface area contributed by atoms with E-state index in [9.17, 15) is 9.59 Å². The van der Waals surface area contributed by atoms with Crippen LogP contribution in [0.4, 0.5) is 0 Å².